The van der Waals surface area contributed by atoms with Gasteiger partial charge in [0.15, 0.2) is 0 Å². The van der Waals surface area contributed by atoms with Gasteiger partial charge in [-0.1, -0.05) is 18.2 Å². The highest BCUT2D eigenvalue weighted by molar-refractivity contribution is 7.88. The van der Waals surface area contributed by atoms with E-state index in [-0.39, 0.29) is 31.4 Å². The van der Waals surface area contributed by atoms with E-state index < -0.39 is 10.0 Å². The minimum atomic E-state index is -3.22. The van der Waals surface area contributed by atoms with Crippen LogP contribution in [0, 0.1) is 6.92 Å². The molecule has 1 aliphatic rings. The molecule has 1 aromatic carbocycles. The van der Waals surface area contributed by atoms with Crippen LogP contribution >= 0.6 is 0 Å². The zero-order valence-corrected chi connectivity index (χ0v) is 14.1. The number of aryl methyl sites for hydroxylation is 1. The summed E-state index contributed by atoms with van der Waals surface area (Å²) in [5, 5.41) is 2.62. The predicted octanol–water partition coefficient (Wildman–Crippen LogP) is -0.171. The number of hydrogen-bond donors (Lipinski definition) is 1. The number of carbonyl (C=O) groups is 2. The van der Waals surface area contributed by atoms with Crippen molar-refractivity contribution in [1.82, 2.24) is 14.5 Å². The molecule has 0 unspecified atom stereocenters. The number of rotatable bonds is 4. The Hall–Kier alpha value is -1.93. The lowest BCUT2D eigenvalue weighted by molar-refractivity contribution is -0.131. The fraction of sp³-hybridized carbons (Fsp3) is 0.467. The van der Waals surface area contributed by atoms with Gasteiger partial charge in [0, 0.05) is 31.7 Å². The Morgan fingerprint density at radius 3 is 2.30 bits per heavy atom. The van der Waals surface area contributed by atoms with E-state index in [0.717, 1.165) is 11.8 Å². The van der Waals surface area contributed by atoms with Crippen LogP contribution < -0.4 is 5.32 Å². The normalized spacial score (nSPS) is 16.2. The second-order valence-corrected chi connectivity index (χ2v) is 7.52. The molecule has 1 aliphatic heterocycles. The van der Waals surface area contributed by atoms with Crippen LogP contribution in [0.3, 0.4) is 0 Å². The number of carbonyl (C=O) groups excluding carboxylic acids is 2. The second-order valence-electron chi connectivity index (χ2n) is 5.54. The average molecular weight is 339 g/mol. The van der Waals surface area contributed by atoms with Gasteiger partial charge in [0.1, 0.15) is 0 Å². The van der Waals surface area contributed by atoms with Crippen LogP contribution in [-0.4, -0.2) is 68.4 Å². The number of benzene rings is 1. The fourth-order valence-corrected chi connectivity index (χ4v) is 3.29. The molecule has 1 aromatic rings. The Balaban J connectivity index is 1.84. The topological polar surface area (TPSA) is 86.8 Å². The van der Waals surface area contributed by atoms with Gasteiger partial charge in [0.25, 0.3) is 5.91 Å². The number of piperazine rings is 1. The Bertz CT molecular complexity index is 694. The molecule has 0 aromatic heterocycles. The Labute approximate surface area is 136 Å². The SMILES string of the molecule is Cc1ccccc1C(=O)NCC(=O)N1CCN(S(C)(=O)=O)CC1. The zero-order chi connectivity index (χ0) is 17.0. The zero-order valence-electron chi connectivity index (χ0n) is 13.3. The Morgan fingerprint density at radius 2 is 1.74 bits per heavy atom. The number of amides is 2. The molecule has 126 valence electrons. The molecule has 1 saturated heterocycles. The molecule has 8 heteroatoms. The highest BCUT2D eigenvalue weighted by Crippen LogP contribution is 2.08. The molecule has 0 atom stereocenters. The number of hydrogen-bond acceptors (Lipinski definition) is 4. The van der Waals surface area contributed by atoms with Crippen LogP contribution in [0.5, 0.6) is 0 Å². The summed E-state index contributed by atoms with van der Waals surface area (Å²) in [5.41, 5.74) is 1.39. The molecule has 0 aliphatic carbocycles. The lowest BCUT2D eigenvalue weighted by Crippen LogP contribution is -2.52. The molecule has 0 radical (unpaired) electrons. The first kappa shape index (κ1) is 17.4. The minimum absolute atomic E-state index is 0.0912. The smallest absolute Gasteiger partial charge is 0.251 e. The van der Waals surface area contributed by atoms with E-state index in [0.29, 0.717) is 18.7 Å². The van der Waals surface area contributed by atoms with Crippen molar-refractivity contribution in [3.8, 4) is 0 Å². The molecule has 0 saturated carbocycles. The highest BCUT2D eigenvalue weighted by atomic mass is 32.2. The van der Waals surface area contributed by atoms with Crippen molar-refractivity contribution in [2.24, 2.45) is 0 Å². The number of nitrogens with zero attached hydrogens (tertiary/aromatic N) is 2. The van der Waals surface area contributed by atoms with Crippen molar-refractivity contribution in [2.45, 2.75) is 6.92 Å². The van der Waals surface area contributed by atoms with Crippen LogP contribution in [0.4, 0.5) is 0 Å². The minimum Gasteiger partial charge on any atom is -0.343 e. The molecule has 7 nitrogen and oxygen atoms in total. The average Bonchev–Trinajstić information content (AvgIpc) is 2.52. The largest absolute Gasteiger partial charge is 0.343 e. The van der Waals surface area contributed by atoms with Crippen LogP contribution in [0.2, 0.25) is 0 Å². The van der Waals surface area contributed by atoms with Gasteiger partial charge in [-0.3, -0.25) is 9.59 Å². The molecular weight excluding hydrogens is 318 g/mol. The van der Waals surface area contributed by atoms with Crippen molar-refractivity contribution in [1.29, 1.82) is 0 Å². The summed E-state index contributed by atoms with van der Waals surface area (Å²) in [6.07, 6.45) is 1.16. The third-order valence-electron chi connectivity index (χ3n) is 3.85. The first-order valence-corrected chi connectivity index (χ1v) is 9.20. The maximum Gasteiger partial charge on any atom is 0.251 e. The van der Waals surface area contributed by atoms with Gasteiger partial charge in [-0.2, -0.15) is 4.31 Å². The molecule has 2 rings (SSSR count). The maximum absolute atomic E-state index is 12.1. The lowest BCUT2D eigenvalue weighted by atomic mass is 10.1. The lowest BCUT2D eigenvalue weighted by Gasteiger charge is -2.33. The van der Waals surface area contributed by atoms with Crippen molar-refractivity contribution in [2.75, 3.05) is 39.0 Å². The van der Waals surface area contributed by atoms with Crippen molar-refractivity contribution in [3.05, 3.63) is 35.4 Å². The Morgan fingerprint density at radius 1 is 1.13 bits per heavy atom. The van der Waals surface area contributed by atoms with E-state index in [1.54, 1.807) is 17.0 Å². The van der Waals surface area contributed by atoms with Gasteiger partial charge >= 0.3 is 0 Å². The van der Waals surface area contributed by atoms with Crippen LogP contribution in [0.15, 0.2) is 24.3 Å². The summed E-state index contributed by atoms with van der Waals surface area (Å²) < 4.78 is 24.2. The summed E-state index contributed by atoms with van der Waals surface area (Å²) in [4.78, 5) is 25.8. The molecule has 23 heavy (non-hydrogen) atoms. The first-order chi connectivity index (χ1) is 10.8. The molecule has 1 heterocycles. The van der Waals surface area contributed by atoms with Gasteiger partial charge in [-0.25, -0.2) is 8.42 Å². The fourth-order valence-electron chi connectivity index (χ4n) is 2.46. The maximum atomic E-state index is 12.1. The van der Waals surface area contributed by atoms with E-state index in [9.17, 15) is 18.0 Å². The van der Waals surface area contributed by atoms with E-state index in [1.165, 1.54) is 4.31 Å². The molecular formula is C15H21N3O4S. The van der Waals surface area contributed by atoms with Gasteiger partial charge in [0.2, 0.25) is 15.9 Å². The van der Waals surface area contributed by atoms with Gasteiger partial charge in [-0.15, -0.1) is 0 Å². The summed E-state index contributed by atoms with van der Waals surface area (Å²) in [6, 6.07) is 7.16. The molecule has 2 amide bonds. The molecule has 0 spiro atoms. The van der Waals surface area contributed by atoms with Crippen molar-refractivity contribution < 1.29 is 18.0 Å². The van der Waals surface area contributed by atoms with Crippen molar-refractivity contribution >= 4 is 21.8 Å². The molecule has 1 N–H and O–H groups in total. The molecule has 0 bridgehead atoms. The van der Waals surface area contributed by atoms with E-state index in [1.807, 2.05) is 19.1 Å². The van der Waals surface area contributed by atoms with Crippen LogP contribution in [0.1, 0.15) is 15.9 Å². The summed E-state index contributed by atoms with van der Waals surface area (Å²) in [6.45, 7) is 3.00. The number of sulfonamides is 1. The van der Waals surface area contributed by atoms with Crippen LogP contribution in [-0.2, 0) is 14.8 Å². The predicted molar refractivity (Wildman–Crippen MR) is 86.5 cm³/mol. The van der Waals surface area contributed by atoms with E-state index >= 15 is 0 Å². The third kappa shape index (κ3) is 4.52. The summed E-state index contributed by atoms with van der Waals surface area (Å²) in [7, 11) is -3.22. The summed E-state index contributed by atoms with van der Waals surface area (Å²) in [5.74, 6) is -0.494. The van der Waals surface area contributed by atoms with Gasteiger partial charge in [0.05, 0.1) is 12.8 Å². The van der Waals surface area contributed by atoms with E-state index in [2.05, 4.69) is 5.32 Å². The van der Waals surface area contributed by atoms with Crippen LogP contribution in [0.25, 0.3) is 0 Å². The first-order valence-electron chi connectivity index (χ1n) is 7.36. The Kier molecular flexibility index (Phi) is 5.38. The number of nitrogens with one attached hydrogen (secondary N) is 1. The van der Waals surface area contributed by atoms with Crippen molar-refractivity contribution in [3.63, 3.8) is 0 Å². The third-order valence-corrected chi connectivity index (χ3v) is 5.15. The van der Waals surface area contributed by atoms with Gasteiger partial charge in [-0.05, 0) is 18.6 Å². The van der Waals surface area contributed by atoms with E-state index in [4.69, 9.17) is 0 Å². The quantitative estimate of drug-likeness (QED) is 0.825. The standard InChI is InChI=1S/C15H21N3O4S/c1-12-5-3-4-6-13(12)15(20)16-11-14(19)17-7-9-18(10-8-17)23(2,21)22/h3-6H,7-11H2,1-2H3,(H,16,20). The monoisotopic (exact) mass is 339 g/mol. The van der Waals surface area contributed by atoms with Gasteiger partial charge < -0.3 is 10.2 Å². The highest BCUT2D eigenvalue weighted by Gasteiger charge is 2.26. The summed E-state index contributed by atoms with van der Waals surface area (Å²) >= 11 is 0. The second kappa shape index (κ2) is 7.10. The molecule has 1 fully saturated rings.